The van der Waals surface area contributed by atoms with E-state index < -0.39 is 16.1 Å². The summed E-state index contributed by atoms with van der Waals surface area (Å²) >= 11 is 13.1. The highest BCUT2D eigenvalue weighted by molar-refractivity contribution is 7.89. The summed E-state index contributed by atoms with van der Waals surface area (Å²) in [6.45, 7) is 1.72. The van der Waals surface area contributed by atoms with Gasteiger partial charge in [0.25, 0.3) is 0 Å². The summed E-state index contributed by atoms with van der Waals surface area (Å²) in [6.07, 6.45) is 0. The Morgan fingerprint density at radius 1 is 1.29 bits per heavy atom. The predicted molar refractivity (Wildman–Crippen MR) is 84.2 cm³/mol. The van der Waals surface area contributed by atoms with E-state index in [0.29, 0.717) is 9.90 Å². The van der Waals surface area contributed by atoms with Crippen LogP contribution >= 0.6 is 34.5 Å². The van der Waals surface area contributed by atoms with Crippen molar-refractivity contribution in [2.75, 3.05) is 0 Å². The van der Waals surface area contributed by atoms with Crippen molar-refractivity contribution >= 4 is 44.6 Å². The molecule has 0 aliphatic carbocycles. The lowest BCUT2D eigenvalue weighted by atomic mass is 10.2. The Morgan fingerprint density at radius 3 is 2.52 bits per heavy atom. The number of halogens is 2. The zero-order chi connectivity index (χ0) is 15.6. The molecule has 0 amide bonds. The highest BCUT2D eigenvalue weighted by Crippen LogP contribution is 2.29. The third-order valence-electron chi connectivity index (χ3n) is 2.70. The second kappa shape index (κ2) is 6.34. The number of hydrogen-bond donors (Lipinski definition) is 1. The number of benzene rings is 1. The fraction of sp³-hybridized carbons (Fsp3) is 0.154. The van der Waals surface area contributed by atoms with E-state index in [1.54, 1.807) is 19.1 Å². The first kappa shape index (κ1) is 16.3. The van der Waals surface area contributed by atoms with Crippen LogP contribution in [0.2, 0.25) is 9.36 Å². The fourth-order valence-electron chi connectivity index (χ4n) is 1.70. The van der Waals surface area contributed by atoms with Gasteiger partial charge < -0.3 is 0 Å². The first-order chi connectivity index (χ1) is 9.83. The van der Waals surface area contributed by atoms with Crippen LogP contribution in [0, 0.1) is 11.3 Å². The van der Waals surface area contributed by atoms with Crippen molar-refractivity contribution in [1.29, 1.82) is 5.26 Å². The predicted octanol–water partition coefficient (Wildman–Crippen LogP) is 3.97. The number of nitrogens with one attached hydrogen (secondary N) is 1. The van der Waals surface area contributed by atoms with Crippen LogP contribution in [0.5, 0.6) is 0 Å². The Balaban J connectivity index is 2.28. The number of rotatable bonds is 4. The zero-order valence-corrected chi connectivity index (χ0v) is 13.9. The van der Waals surface area contributed by atoms with E-state index in [9.17, 15) is 8.42 Å². The van der Waals surface area contributed by atoms with Crippen LogP contribution in [0.4, 0.5) is 0 Å². The molecule has 1 aromatic carbocycles. The second-order valence-electron chi connectivity index (χ2n) is 4.24. The third-order valence-corrected chi connectivity index (χ3v) is 6.14. The van der Waals surface area contributed by atoms with Gasteiger partial charge in [-0.1, -0.05) is 23.2 Å². The highest BCUT2D eigenvalue weighted by Gasteiger charge is 2.22. The number of thiophene rings is 1. The molecule has 2 rings (SSSR count). The summed E-state index contributed by atoms with van der Waals surface area (Å²) in [5, 5.41) is 8.78. The lowest BCUT2D eigenvalue weighted by Gasteiger charge is -2.13. The van der Waals surface area contributed by atoms with Gasteiger partial charge in [0.05, 0.1) is 27.0 Å². The third kappa shape index (κ3) is 3.76. The first-order valence-corrected chi connectivity index (χ1v) is 8.86. The molecule has 0 bridgehead atoms. The minimum atomic E-state index is -3.78. The van der Waals surface area contributed by atoms with E-state index in [4.69, 9.17) is 28.5 Å². The molecule has 4 nitrogen and oxygen atoms in total. The molecule has 0 fully saturated rings. The van der Waals surface area contributed by atoms with Gasteiger partial charge in [-0.2, -0.15) is 5.26 Å². The van der Waals surface area contributed by atoms with E-state index in [-0.39, 0.29) is 9.92 Å². The summed E-state index contributed by atoms with van der Waals surface area (Å²) in [5.41, 5.74) is 0.303. The van der Waals surface area contributed by atoms with Crippen LogP contribution in [0.3, 0.4) is 0 Å². The summed E-state index contributed by atoms with van der Waals surface area (Å²) in [5.74, 6) is 0. The van der Waals surface area contributed by atoms with E-state index in [1.165, 1.54) is 29.5 Å². The molecular formula is C13H10Cl2N2O2S2. The lowest BCUT2D eigenvalue weighted by Crippen LogP contribution is -2.26. The van der Waals surface area contributed by atoms with Gasteiger partial charge in [-0.3, -0.25) is 0 Å². The molecule has 0 spiro atoms. The molecule has 1 aromatic heterocycles. The molecule has 0 radical (unpaired) electrons. The van der Waals surface area contributed by atoms with Crippen molar-refractivity contribution in [2.45, 2.75) is 17.9 Å². The number of hydrogen-bond acceptors (Lipinski definition) is 4. The van der Waals surface area contributed by atoms with Gasteiger partial charge >= 0.3 is 0 Å². The molecule has 2 aromatic rings. The van der Waals surface area contributed by atoms with Crippen molar-refractivity contribution in [3.05, 3.63) is 50.1 Å². The first-order valence-electron chi connectivity index (χ1n) is 5.80. The van der Waals surface area contributed by atoms with Gasteiger partial charge in [-0.05, 0) is 37.3 Å². The molecule has 0 saturated carbocycles. The topological polar surface area (TPSA) is 70.0 Å². The smallest absolute Gasteiger partial charge is 0.207 e. The Morgan fingerprint density at radius 2 is 2.00 bits per heavy atom. The average molecular weight is 361 g/mol. The molecule has 110 valence electrons. The van der Waals surface area contributed by atoms with Gasteiger partial charge in [-0.15, -0.1) is 11.3 Å². The van der Waals surface area contributed by atoms with Gasteiger partial charge in [-0.25, -0.2) is 13.1 Å². The maximum absolute atomic E-state index is 12.3. The Bertz CT molecular complexity index is 810. The molecule has 8 heteroatoms. The van der Waals surface area contributed by atoms with E-state index in [2.05, 4.69) is 4.72 Å². The fourth-order valence-corrected chi connectivity index (χ4v) is 4.61. The van der Waals surface area contributed by atoms with Gasteiger partial charge in [0.15, 0.2) is 0 Å². The summed E-state index contributed by atoms with van der Waals surface area (Å²) in [6, 6.07) is 8.99. The summed E-state index contributed by atoms with van der Waals surface area (Å²) in [4.78, 5) is 0.742. The average Bonchev–Trinajstić information content (AvgIpc) is 2.84. The van der Waals surface area contributed by atoms with Gasteiger partial charge in [0, 0.05) is 4.88 Å². The van der Waals surface area contributed by atoms with Crippen LogP contribution in [0.1, 0.15) is 23.4 Å². The maximum atomic E-state index is 12.3. The highest BCUT2D eigenvalue weighted by atomic mass is 35.5. The Kier molecular flexibility index (Phi) is 4.91. The van der Waals surface area contributed by atoms with Gasteiger partial charge in [0.2, 0.25) is 10.0 Å². The summed E-state index contributed by atoms with van der Waals surface area (Å²) < 4.78 is 27.8. The lowest BCUT2D eigenvalue weighted by molar-refractivity contribution is 0.568. The normalized spacial score (nSPS) is 12.9. The number of sulfonamides is 1. The molecule has 1 heterocycles. The van der Waals surface area contributed by atoms with Crippen molar-refractivity contribution < 1.29 is 8.42 Å². The van der Waals surface area contributed by atoms with Crippen molar-refractivity contribution in [3.8, 4) is 6.07 Å². The monoisotopic (exact) mass is 360 g/mol. The van der Waals surface area contributed by atoms with Crippen LogP contribution in [-0.2, 0) is 10.0 Å². The van der Waals surface area contributed by atoms with Crippen molar-refractivity contribution in [3.63, 3.8) is 0 Å². The minimum Gasteiger partial charge on any atom is -0.207 e. The van der Waals surface area contributed by atoms with Crippen LogP contribution in [0.15, 0.2) is 35.2 Å². The number of nitriles is 1. The summed E-state index contributed by atoms with van der Waals surface area (Å²) in [7, 11) is -3.78. The molecule has 1 N–H and O–H groups in total. The molecule has 1 atom stereocenters. The van der Waals surface area contributed by atoms with E-state index in [1.807, 2.05) is 6.07 Å². The molecule has 0 saturated heterocycles. The van der Waals surface area contributed by atoms with Crippen LogP contribution in [-0.4, -0.2) is 8.42 Å². The molecular weight excluding hydrogens is 351 g/mol. The van der Waals surface area contributed by atoms with Crippen molar-refractivity contribution in [2.24, 2.45) is 0 Å². The van der Waals surface area contributed by atoms with E-state index >= 15 is 0 Å². The number of nitrogens with zero attached hydrogens (tertiary/aromatic N) is 1. The molecule has 1 unspecified atom stereocenters. The van der Waals surface area contributed by atoms with Gasteiger partial charge in [0.1, 0.15) is 4.90 Å². The zero-order valence-electron chi connectivity index (χ0n) is 10.8. The Hall–Kier alpha value is -1.10. The molecule has 21 heavy (non-hydrogen) atoms. The Labute approximate surface area is 137 Å². The standard InChI is InChI=1S/C13H10Cl2N2O2S2/c1-8(11-3-5-13(15)20-11)17-21(18,19)12-4-2-9(7-16)6-10(12)14/h2-6,8,17H,1H3. The van der Waals surface area contributed by atoms with Crippen molar-refractivity contribution in [1.82, 2.24) is 4.72 Å². The quantitative estimate of drug-likeness (QED) is 0.896. The van der Waals surface area contributed by atoms with Crippen LogP contribution < -0.4 is 4.72 Å². The second-order valence-corrected chi connectivity index (χ2v) is 8.08. The maximum Gasteiger partial charge on any atom is 0.242 e. The van der Waals surface area contributed by atoms with E-state index in [0.717, 1.165) is 4.88 Å². The SMILES string of the molecule is CC(NS(=O)(=O)c1ccc(C#N)cc1Cl)c1ccc(Cl)s1. The minimum absolute atomic E-state index is 0.0120. The largest absolute Gasteiger partial charge is 0.242 e. The van der Waals surface area contributed by atoms with Crippen LogP contribution in [0.25, 0.3) is 0 Å². The molecule has 0 aliphatic heterocycles. The molecule has 0 aliphatic rings.